The Bertz CT molecular complexity index is 849. The lowest BCUT2D eigenvalue weighted by Gasteiger charge is -2.40. The van der Waals surface area contributed by atoms with Gasteiger partial charge in [-0.05, 0) is 43.4 Å². The van der Waals surface area contributed by atoms with Crippen LogP contribution in [-0.2, 0) is 17.8 Å². The van der Waals surface area contributed by atoms with Gasteiger partial charge in [0, 0.05) is 25.2 Å². The SMILES string of the molecule is COc1nc(N2CC(Cc3ccccc3)C2)c(F)cc1CNC(=O)C1CCCN1. The molecule has 1 unspecified atom stereocenters. The van der Waals surface area contributed by atoms with Gasteiger partial charge in [0.1, 0.15) is 0 Å². The van der Waals surface area contributed by atoms with E-state index in [9.17, 15) is 9.18 Å². The van der Waals surface area contributed by atoms with Crippen molar-refractivity contribution in [1.82, 2.24) is 15.6 Å². The van der Waals surface area contributed by atoms with E-state index < -0.39 is 0 Å². The molecule has 4 rings (SSSR count). The van der Waals surface area contributed by atoms with Crippen LogP contribution >= 0.6 is 0 Å². The van der Waals surface area contributed by atoms with E-state index in [2.05, 4.69) is 27.8 Å². The normalized spacial score (nSPS) is 19.1. The van der Waals surface area contributed by atoms with Gasteiger partial charge in [0.05, 0.1) is 13.2 Å². The van der Waals surface area contributed by atoms with Gasteiger partial charge in [0.15, 0.2) is 11.6 Å². The summed E-state index contributed by atoms with van der Waals surface area (Å²) in [6.07, 6.45) is 2.80. The topological polar surface area (TPSA) is 66.5 Å². The molecule has 0 bridgehead atoms. The third kappa shape index (κ3) is 4.50. The second-order valence-corrected chi connectivity index (χ2v) is 7.79. The van der Waals surface area contributed by atoms with Crippen LogP contribution in [0.15, 0.2) is 36.4 Å². The molecule has 1 atom stereocenters. The number of methoxy groups -OCH3 is 1. The molecule has 1 aromatic carbocycles. The van der Waals surface area contributed by atoms with Crippen LogP contribution < -0.4 is 20.3 Å². The lowest BCUT2D eigenvalue weighted by Crippen LogP contribution is -2.48. The summed E-state index contributed by atoms with van der Waals surface area (Å²) < 4.78 is 20.1. The summed E-state index contributed by atoms with van der Waals surface area (Å²) in [7, 11) is 1.52. The van der Waals surface area contributed by atoms with Crippen LogP contribution in [0.5, 0.6) is 5.88 Å². The summed E-state index contributed by atoms with van der Waals surface area (Å²) in [5, 5.41) is 6.01. The quantitative estimate of drug-likeness (QED) is 0.749. The summed E-state index contributed by atoms with van der Waals surface area (Å²) >= 11 is 0. The minimum atomic E-state index is -0.382. The number of nitrogens with zero attached hydrogens (tertiary/aromatic N) is 2. The second-order valence-electron chi connectivity index (χ2n) is 7.79. The number of halogens is 1. The van der Waals surface area contributed by atoms with E-state index in [1.165, 1.54) is 18.7 Å². The Hall–Kier alpha value is -2.67. The van der Waals surface area contributed by atoms with E-state index in [1.807, 2.05) is 23.1 Å². The van der Waals surface area contributed by atoms with Crippen molar-refractivity contribution in [3.63, 3.8) is 0 Å². The number of ether oxygens (including phenoxy) is 1. The van der Waals surface area contributed by atoms with Gasteiger partial charge in [-0.1, -0.05) is 30.3 Å². The average Bonchev–Trinajstić information content (AvgIpc) is 3.25. The highest BCUT2D eigenvalue weighted by Crippen LogP contribution is 2.31. The Morgan fingerprint density at radius 3 is 2.83 bits per heavy atom. The molecule has 2 aromatic rings. The van der Waals surface area contributed by atoms with Crippen LogP contribution in [0.25, 0.3) is 0 Å². The fourth-order valence-corrected chi connectivity index (χ4v) is 4.06. The van der Waals surface area contributed by atoms with Crippen LogP contribution in [0, 0.1) is 11.7 Å². The number of amides is 1. The molecule has 29 heavy (non-hydrogen) atoms. The first-order valence-corrected chi connectivity index (χ1v) is 10.2. The van der Waals surface area contributed by atoms with Crippen molar-refractivity contribution in [1.29, 1.82) is 0 Å². The number of carbonyl (C=O) groups is 1. The van der Waals surface area contributed by atoms with Crippen LogP contribution in [0.4, 0.5) is 10.2 Å². The van der Waals surface area contributed by atoms with Gasteiger partial charge in [0.25, 0.3) is 0 Å². The predicted molar refractivity (Wildman–Crippen MR) is 109 cm³/mol. The maximum atomic E-state index is 14.7. The van der Waals surface area contributed by atoms with Gasteiger partial charge >= 0.3 is 0 Å². The Labute approximate surface area is 170 Å². The van der Waals surface area contributed by atoms with E-state index in [0.717, 1.165) is 38.9 Å². The molecule has 0 spiro atoms. The minimum Gasteiger partial charge on any atom is -0.481 e. The molecular formula is C22H27FN4O2. The molecule has 2 fully saturated rings. The zero-order valence-corrected chi connectivity index (χ0v) is 16.7. The number of rotatable bonds is 7. The Morgan fingerprint density at radius 2 is 2.14 bits per heavy atom. The summed E-state index contributed by atoms with van der Waals surface area (Å²) in [6.45, 7) is 2.59. The summed E-state index contributed by atoms with van der Waals surface area (Å²) in [4.78, 5) is 18.5. The van der Waals surface area contributed by atoms with Crippen molar-refractivity contribution in [2.24, 2.45) is 5.92 Å². The molecular weight excluding hydrogens is 371 g/mol. The van der Waals surface area contributed by atoms with Gasteiger partial charge in [-0.3, -0.25) is 4.79 Å². The van der Waals surface area contributed by atoms with E-state index in [1.54, 1.807) is 0 Å². The first-order valence-electron chi connectivity index (χ1n) is 10.2. The Kier molecular flexibility index (Phi) is 5.94. The zero-order chi connectivity index (χ0) is 20.2. The molecule has 1 aromatic heterocycles. The Morgan fingerprint density at radius 1 is 1.34 bits per heavy atom. The number of pyridine rings is 1. The standard InChI is InChI=1S/C22H27FN4O2/c1-29-22-17(12-25-21(28)19-8-5-9-24-19)11-18(23)20(26-22)27-13-16(14-27)10-15-6-3-2-4-7-15/h2-4,6-7,11,16,19,24H,5,8-10,12-14H2,1H3,(H,25,28). The number of nitrogens with one attached hydrogen (secondary N) is 2. The summed E-state index contributed by atoms with van der Waals surface area (Å²) in [6, 6.07) is 11.6. The zero-order valence-electron chi connectivity index (χ0n) is 16.7. The highest BCUT2D eigenvalue weighted by atomic mass is 19.1. The Balaban J connectivity index is 1.37. The van der Waals surface area contributed by atoms with Crippen LogP contribution in [0.3, 0.4) is 0 Å². The van der Waals surface area contributed by atoms with Gasteiger partial charge in [-0.25, -0.2) is 4.39 Å². The van der Waals surface area contributed by atoms with Crippen molar-refractivity contribution in [2.45, 2.75) is 31.8 Å². The fraction of sp³-hybridized carbons (Fsp3) is 0.455. The molecule has 154 valence electrons. The molecule has 2 aliphatic rings. The number of hydrogen-bond donors (Lipinski definition) is 2. The number of carbonyl (C=O) groups excluding carboxylic acids is 1. The van der Waals surface area contributed by atoms with E-state index in [-0.39, 0.29) is 24.3 Å². The van der Waals surface area contributed by atoms with Crippen molar-refractivity contribution < 1.29 is 13.9 Å². The number of hydrogen-bond acceptors (Lipinski definition) is 5. The highest BCUT2D eigenvalue weighted by molar-refractivity contribution is 5.82. The third-order valence-electron chi connectivity index (χ3n) is 5.64. The molecule has 1 amide bonds. The summed E-state index contributed by atoms with van der Waals surface area (Å²) in [5.74, 6) is 0.710. The lowest BCUT2D eigenvalue weighted by molar-refractivity contribution is -0.122. The molecule has 0 aliphatic carbocycles. The minimum absolute atomic E-state index is 0.0689. The molecule has 3 heterocycles. The maximum absolute atomic E-state index is 14.7. The highest BCUT2D eigenvalue weighted by Gasteiger charge is 2.31. The molecule has 2 aliphatic heterocycles. The molecule has 0 saturated carbocycles. The summed E-state index contributed by atoms with van der Waals surface area (Å²) in [5.41, 5.74) is 1.84. The van der Waals surface area contributed by atoms with Crippen molar-refractivity contribution in [3.05, 3.63) is 53.3 Å². The number of benzene rings is 1. The van der Waals surface area contributed by atoms with Gasteiger partial charge < -0.3 is 20.3 Å². The first kappa shape index (κ1) is 19.6. The molecule has 7 heteroatoms. The maximum Gasteiger partial charge on any atom is 0.237 e. The van der Waals surface area contributed by atoms with Gasteiger partial charge in [-0.15, -0.1) is 0 Å². The average molecular weight is 398 g/mol. The van der Waals surface area contributed by atoms with Crippen LogP contribution in [0.1, 0.15) is 24.0 Å². The van der Waals surface area contributed by atoms with Crippen molar-refractivity contribution in [3.8, 4) is 5.88 Å². The smallest absolute Gasteiger partial charge is 0.237 e. The van der Waals surface area contributed by atoms with Crippen LogP contribution in [-0.4, -0.2) is 43.7 Å². The van der Waals surface area contributed by atoms with Crippen molar-refractivity contribution >= 4 is 11.7 Å². The second kappa shape index (κ2) is 8.78. The monoisotopic (exact) mass is 398 g/mol. The lowest BCUT2D eigenvalue weighted by atomic mass is 9.92. The number of aromatic nitrogens is 1. The van der Waals surface area contributed by atoms with Crippen LogP contribution in [0.2, 0.25) is 0 Å². The third-order valence-corrected chi connectivity index (χ3v) is 5.64. The molecule has 0 radical (unpaired) electrons. The van der Waals surface area contributed by atoms with E-state index in [0.29, 0.717) is 23.2 Å². The van der Waals surface area contributed by atoms with Gasteiger partial charge in [-0.2, -0.15) is 4.98 Å². The molecule has 2 N–H and O–H groups in total. The van der Waals surface area contributed by atoms with E-state index >= 15 is 0 Å². The first-order chi connectivity index (χ1) is 14.1. The van der Waals surface area contributed by atoms with Gasteiger partial charge in [0.2, 0.25) is 11.8 Å². The fourth-order valence-electron chi connectivity index (χ4n) is 4.06. The molecule has 6 nitrogen and oxygen atoms in total. The predicted octanol–water partition coefficient (Wildman–Crippen LogP) is 2.28. The largest absolute Gasteiger partial charge is 0.481 e. The van der Waals surface area contributed by atoms with Crippen molar-refractivity contribution in [2.75, 3.05) is 31.6 Å². The molecule has 2 saturated heterocycles. The van der Waals surface area contributed by atoms with E-state index in [4.69, 9.17) is 4.74 Å². The number of anilines is 1.